The lowest BCUT2D eigenvalue weighted by Crippen LogP contribution is -2.20. The number of carbonyl (C=O) groups excluding carboxylic acids is 1. The van der Waals surface area contributed by atoms with Gasteiger partial charge in [0.25, 0.3) is 5.91 Å². The molecule has 0 saturated carbocycles. The number of nitrogens with one attached hydrogen (secondary N) is 1. The highest BCUT2D eigenvalue weighted by Gasteiger charge is 2.16. The van der Waals surface area contributed by atoms with Crippen LogP contribution in [0.25, 0.3) is 0 Å². The molecule has 124 valence electrons. The van der Waals surface area contributed by atoms with Crippen molar-refractivity contribution in [3.05, 3.63) is 58.9 Å². The van der Waals surface area contributed by atoms with Gasteiger partial charge in [-0.15, -0.1) is 0 Å². The number of carbonyl (C=O) groups is 1. The fraction of sp³-hybridized carbons (Fsp3) is 0.176. The molecule has 0 aromatic heterocycles. The number of hydrogen-bond donors (Lipinski definition) is 1. The van der Waals surface area contributed by atoms with E-state index in [1.165, 1.54) is 36.4 Å². The number of benzene rings is 2. The number of halogens is 3. The number of hydrogen-bond acceptors (Lipinski definition) is 3. The summed E-state index contributed by atoms with van der Waals surface area (Å²) in [7, 11) is 0. The van der Waals surface area contributed by atoms with E-state index < -0.39 is 18.1 Å². The van der Waals surface area contributed by atoms with Gasteiger partial charge in [-0.3, -0.25) is 4.79 Å². The third-order valence-electron chi connectivity index (χ3n) is 3.22. The normalized spacial score (nSPS) is 10.3. The van der Waals surface area contributed by atoms with E-state index in [2.05, 4.69) is 5.32 Å². The molecule has 0 radical (unpaired) electrons. The van der Waals surface area contributed by atoms with Crippen molar-refractivity contribution in [2.75, 3.05) is 5.32 Å². The lowest BCUT2D eigenvalue weighted by Gasteiger charge is -2.11. The Hall–Kier alpha value is -3.01. The van der Waals surface area contributed by atoms with E-state index >= 15 is 0 Å². The molecule has 4 nitrogen and oxygen atoms in total. The molecule has 7 heteroatoms. The van der Waals surface area contributed by atoms with Crippen LogP contribution in [-0.4, -0.2) is 12.3 Å². The highest BCUT2D eigenvalue weighted by atomic mass is 19.3. The molecule has 2 aromatic carbocycles. The Morgan fingerprint density at radius 3 is 2.67 bits per heavy atom. The number of anilines is 1. The van der Waals surface area contributed by atoms with Gasteiger partial charge >= 0.3 is 6.43 Å². The van der Waals surface area contributed by atoms with E-state index in [4.69, 9.17) is 10.00 Å². The summed E-state index contributed by atoms with van der Waals surface area (Å²) in [6.45, 7) is 1.52. The van der Waals surface area contributed by atoms with E-state index in [1.807, 2.05) is 6.07 Å². The van der Waals surface area contributed by atoms with Crippen LogP contribution in [0, 0.1) is 24.1 Å². The lowest BCUT2D eigenvalue weighted by molar-refractivity contribution is -0.126. The molecule has 0 heterocycles. The van der Waals surface area contributed by atoms with E-state index in [-0.39, 0.29) is 17.9 Å². The molecule has 1 N–H and O–H groups in total. The van der Waals surface area contributed by atoms with Crippen LogP contribution < -0.4 is 10.1 Å². The molecule has 2 aromatic rings. The molecule has 0 spiro atoms. The second-order valence-corrected chi connectivity index (χ2v) is 4.97. The molecule has 1 amide bonds. The maximum Gasteiger partial charge on any atom is 0.315 e. The highest BCUT2D eigenvalue weighted by Crippen LogP contribution is 2.23. The third-order valence-corrected chi connectivity index (χ3v) is 3.22. The minimum atomic E-state index is -3.10. The van der Waals surface area contributed by atoms with Crippen molar-refractivity contribution in [2.24, 2.45) is 0 Å². The van der Waals surface area contributed by atoms with Crippen LogP contribution in [-0.2, 0) is 11.4 Å². The van der Waals surface area contributed by atoms with Crippen LogP contribution in [0.5, 0.6) is 5.75 Å². The Morgan fingerprint density at radius 2 is 2.04 bits per heavy atom. The smallest absolute Gasteiger partial charge is 0.315 e. The van der Waals surface area contributed by atoms with Gasteiger partial charge in [-0.05, 0) is 48.9 Å². The number of nitriles is 1. The Morgan fingerprint density at radius 1 is 1.29 bits per heavy atom. The molecule has 0 saturated heterocycles. The van der Waals surface area contributed by atoms with Crippen LogP contribution in [0.2, 0.25) is 0 Å². The van der Waals surface area contributed by atoms with Crippen molar-refractivity contribution in [1.29, 1.82) is 5.26 Å². The standard InChI is InChI=1S/C17H13F3N2O2/c1-10-6-13(3-5-15(10)22-17(23)16(19)20)24-9-12-7-11(8-21)2-4-14(12)18/h2-7,16H,9H2,1H3,(H,22,23). The van der Waals surface area contributed by atoms with Gasteiger partial charge in [0.2, 0.25) is 0 Å². The SMILES string of the molecule is Cc1cc(OCc2cc(C#N)ccc2F)ccc1NC(=O)C(F)F. The zero-order chi connectivity index (χ0) is 17.7. The molecule has 0 aliphatic carbocycles. The van der Waals surface area contributed by atoms with Gasteiger partial charge in [0, 0.05) is 11.3 Å². The van der Waals surface area contributed by atoms with Gasteiger partial charge in [0.1, 0.15) is 18.2 Å². The summed E-state index contributed by atoms with van der Waals surface area (Å²) < 4.78 is 43.6. The molecule has 24 heavy (non-hydrogen) atoms. The highest BCUT2D eigenvalue weighted by molar-refractivity contribution is 5.93. The number of amides is 1. The summed E-state index contributed by atoms with van der Waals surface area (Å²) in [5, 5.41) is 10.9. The van der Waals surface area contributed by atoms with Crippen LogP contribution in [0.1, 0.15) is 16.7 Å². The van der Waals surface area contributed by atoms with E-state index in [0.29, 0.717) is 16.9 Å². The largest absolute Gasteiger partial charge is 0.489 e. The molecule has 0 fully saturated rings. The summed E-state index contributed by atoms with van der Waals surface area (Å²) in [4.78, 5) is 11.0. The average molecular weight is 334 g/mol. The molecule has 2 rings (SSSR count). The Bertz CT molecular complexity index is 801. The summed E-state index contributed by atoms with van der Waals surface area (Å²) in [5.41, 5.74) is 1.30. The zero-order valence-electron chi connectivity index (χ0n) is 12.6. The first kappa shape index (κ1) is 17.3. The van der Waals surface area contributed by atoms with Gasteiger partial charge in [-0.2, -0.15) is 14.0 Å². The Balaban J connectivity index is 2.08. The Labute approximate surface area is 136 Å². The van der Waals surface area contributed by atoms with Crippen LogP contribution in [0.3, 0.4) is 0 Å². The fourth-order valence-corrected chi connectivity index (χ4v) is 1.97. The number of nitrogens with zero attached hydrogens (tertiary/aromatic N) is 1. The molecule has 0 unspecified atom stereocenters. The number of aryl methyl sites for hydroxylation is 1. The van der Waals surface area contributed by atoms with Crippen molar-refractivity contribution >= 4 is 11.6 Å². The molecular formula is C17H13F3N2O2. The first-order valence-electron chi connectivity index (χ1n) is 6.91. The lowest BCUT2D eigenvalue weighted by atomic mass is 10.1. The minimum Gasteiger partial charge on any atom is -0.489 e. The van der Waals surface area contributed by atoms with Gasteiger partial charge in [-0.1, -0.05) is 0 Å². The van der Waals surface area contributed by atoms with Crippen molar-refractivity contribution in [1.82, 2.24) is 0 Å². The molecule has 0 atom stereocenters. The van der Waals surface area contributed by atoms with E-state index in [9.17, 15) is 18.0 Å². The quantitative estimate of drug-likeness (QED) is 0.905. The number of alkyl halides is 2. The van der Waals surface area contributed by atoms with Crippen molar-refractivity contribution in [3.63, 3.8) is 0 Å². The maximum absolute atomic E-state index is 13.7. The molecular weight excluding hydrogens is 321 g/mol. The predicted octanol–water partition coefficient (Wildman–Crippen LogP) is 3.79. The third kappa shape index (κ3) is 4.26. The molecule has 0 bridgehead atoms. The topological polar surface area (TPSA) is 62.1 Å². The summed E-state index contributed by atoms with van der Waals surface area (Å²) in [5.74, 6) is -1.50. The zero-order valence-corrected chi connectivity index (χ0v) is 12.6. The predicted molar refractivity (Wildman–Crippen MR) is 81.3 cm³/mol. The number of rotatable bonds is 5. The fourth-order valence-electron chi connectivity index (χ4n) is 1.97. The van der Waals surface area contributed by atoms with E-state index in [0.717, 1.165) is 0 Å². The average Bonchev–Trinajstić information content (AvgIpc) is 2.56. The Kier molecular flexibility index (Phi) is 5.42. The second kappa shape index (κ2) is 7.51. The first-order chi connectivity index (χ1) is 11.4. The van der Waals surface area contributed by atoms with Gasteiger partial charge in [0.15, 0.2) is 0 Å². The molecule has 0 aliphatic rings. The van der Waals surface area contributed by atoms with Gasteiger partial charge < -0.3 is 10.1 Å². The van der Waals surface area contributed by atoms with Crippen LogP contribution >= 0.6 is 0 Å². The first-order valence-corrected chi connectivity index (χ1v) is 6.91. The maximum atomic E-state index is 13.7. The molecule has 0 aliphatic heterocycles. The summed E-state index contributed by atoms with van der Waals surface area (Å²) in [6, 6.07) is 10.3. The van der Waals surface area contributed by atoms with Crippen molar-refractivity contribution in [2.45, 2.75) is 20.0 Å². The van der Waals surface area contributed by atoms with E-state index in [1.54, 1.807) is 6.92 Å². The van der Waals surface area contributed by atoms with Gasteiger partial charge in [-0.25, -0.2) is 4.39 Å². The summed E-state index contributed by atoms with van der Waals surface area (Å²) in [6.07, 6.45) is -3.10. The van der Waals surface area contributed by atoms with Crippen molar-refractivity contribution in [3.8, 4) is 11.8 Å². The van der Waals surface area contributed by atoms with Gasteiger partial charge in [0.05, 0.1) is 11.6 Å². The van der Waals surface area contributed by atoms with Crippen LogP contribution in [0.15, 0.2) is 36.4 Å². The minimum absolute atomic E-state index is 0.0937. The van der Waals surface area contributed by atoms with Crippen LogP contribution in [0.4, 0.5) is 18.9 Å². The monoisotopic (exact) mass is 334 g/mol. The number of ether oxygens (including phenoxy) is 1. The summed E-state index contributed by atoms with van der Waals surface area (Å²) >= 11 is 0. The second-order valence-electron chi connectivity index (χ2n) is 4.97. The van der Waals surface area contributed by atoms with Crippen molar-refractivity contribution < 1.29 is 22.7 Å².